The minimum absolute atomic E-state index is 0.131. The van der Waals surface area contributed by atoms with Crippen molar-refractivity contribution in [3.63, 3.8) is 0 Å². The maximum atomic E-state index is 6.42. The molecule has 0 bridgehead atoms. The third-order valence-corrected chi connectivity index (χ3v) is 5.32. The minimum atomic E-state index is -0.131. The van der Waals surface area contributed by atoms with Crippen LogP contribution in [0.2, 0.25) is 5.02 Å². The Labute approximate surface area is 117 Å². The van der Waals surface area contributed by atoms with Crippen LogP contribution in [-0.2, 0) is 0 Å². The third kappa shape index (κ3) is 2.62. The second-order valence-electron chi connectivity index (χ2n) is 3.47. The molecule has 84 valence electrons. The van der Waals surface area contributed by atoms with Gasteiger partial charge >= 0.3 is 0 Å². The topological polar surface area (TPSA) is 0 Å². The third-order valence-electron chi connectivity index (χ3n) is 2.27. The first-order valence-corrected chi connectivity index (χ1v) is 7.15. The first kappa shape index (κ1) is 12.4. The van der Waals surface area contributed by atoms with Crippen molar-refractivity contribution in [3.8, 4) is 0 Å². The van der Waals surface area contributed by atoms with Gasteiger partial charge in [0.25, 0.3) is 0 Å². The maximum absolute atomic E-state index is 6.42. The van der Waals surface area contributed by atoms with Gasteiger partial charge in [0.1, 0.15) is 0 Å². The lowest BCUT2D eigenvalue weighted by Gasteiger charge is -2.07. The Hall–Kier alpha value is -0.0200. The van der Waals surface area contributed by atoms with Crippen LogP contribution in [0.25, 0.3) is 0 Å². The Kier molecular flexibility index (Phi) is 3.96. The van der Waals surface area contributed by atoms with Gasteiger partial charge in [0, 0.05) is 19.2 Å². The number of hydrogen-bond donors (Lipinski definition) is 0. The van der Waals surface area contributed by atoms with Gasteiger partial charge in [-0.1, -0.05) is 23.7 Å². The van der Waals surface area contributed by atoms with Gasteiger partial charge in [0.2, 0.25) is 0 Å². The first-order valence-electron chi connectivity index (χ1n) is 4.73. The van der Waals surface area contributed by atoms with E-state index in [1.807, 2.05) is 24.3 Å². The van der Waals surface area contributed by atoms with Crippen LogP contribution in [0.4, 0.5) is 0 Å². The largest absolute Gasteiger partial charge is 0.143 e. The molecule has 4 heteroatoms. The van der Waals surface area contributed by atoms with Crippen LogP contribution in [0, 0.1) is 6.92 Å². The standard InChI is InChI=1S/C12H9BrCl2S/c1-7-10(13)6-11(16-7)12(15)8-3-2-4-9(14)5-8/h2-6,12H,1H3. The number of alkyl halides is 1. The van der Waals surface area contributed by atoms with E-state index < -0.39 is 0 Å². The number of benzene rings is 1. The van der Waals surface area contributed by atoms with E-state index in [0.29, 0.717) is 0 Å². The number of aryl methyl sites for hydroxylation is 1. The average molecular weight is 336 g/mol. The molecule has 0 aliphatic heterocycles. The van der Waals surface area contributed by atoms with Crippen molar-refractivity contribution in [2.45, 2.75) is 12.3 Å². The van der Waals surface area contributed by atoms with Crippen molar-refractivity contribution < 1.29 is 0 Å². The lowest BCUT2D eigenvalue weighted by Crippen LogP contribution is -1.89. The first-order chi connectivity index (χ1) is 7.58. The van der Waals surface area contributed by atoms with Crippen molar-refractivity contribution >= 4 is 50.5 Å². The Bertz CT molecular complexity index is 488. The van der Waals surface area contributed by atoms with E-state index in [1.54, 1.807) is 11.3 Å². The fourth-order valence-electron chi connectivity index (χ4n) is 1.43. The van der Waals surface area contributed by atoms with E-state index in [9.17, 15) is 0 Å². The molecule has 16 heavy (non-hydrogen) atoms. The van der Waals surface area contributed by atoms with Crippen LogP contribution < -0.4 is 0 Å². The van der Waals surface area contributed by atoms with Crippen molar-refractivity contribution in [1.29, 1.82) is 0 Å². The van der Waals surface area contributed by atoms with Gasteiger partial charge in [0.05, 0.1) is 5.38 Å². The summed E-state index contributed by atoms with van der Waals surface area (Å²) in [6.07, 6.45) is 0. The molecular weight excluding hydrogens is 327 g/mol. The zero-order valence-corrected chi connectivity index (χ0v) is 12.4. The molecule has 0 aliphatic carbocycles. The van der Waals surface area contributed by atoms with Crippen molar-refractivity contribution in [1.82, 2.24) is 0 Å². The van der Waals surface area contributed by atoms with Gasteiger partial charge in [0.15, 0.2) is 0 Å². The van der Waals surface area contributed by atoms with Crippen molar-refractivity contribution in [2.75, 3.05) is 0 Å². The molecule has 0 amide bonds. The molecule has 1 aromatic carbocycles. The Morgan fingerprint density at radius 3 is 2.62 bits per heavy atom. The van der Waals surface area contributed by atoms with Gasteiger partial charge in [-0.25, -0.2) is 0 Å². The van der Waals surface area contributed by atoms with Gasteiger partial charge in [-0.15, -0.1) is 22.9 Å². The van der Waals surface area contributed by atoms with E-state index >= 15 is 0 Å². The molecule has 1 atom stereocenters. The summed E-state index contributed by atoms with van der Waals surface area (Å²) in [5.74, 6) is 0. The van der Waals surface area contributed by atoms with Gasteiger partial charge in [-0.3, -0.25) is 0 Å². The molecule has 0 saturated carbocycles. The van der Waals surface area contributed by atoms with Crippen molar-refractivity contribution in [2.24, 2.45) is 0 Å². The highest BCUT2D eigenvalue weighted by Gasteiger charge is 2.14. The van der Waals surface area contributed by atoms with Gasteiger partial charge in [-0.2, -0.15) is 0 Å². The van der Waals surface area contributed by atoms with E-state index in [1.165, 1.54) is 4.88 Å². The van der Waals surface area contributed by atoms with Crippen LogP contribution in [0.15, 0.2) is 34.8 Å². The Balaban J connectivity index is 2.35. The summed E-state index contributed by atoms with van der Waals surface area (Å²) < 4.78 is 1.11. The highest BCUT2D eigenvalue weighted by molar-refractivity contribution is 9.10. The second kappa shape index (κ2) is 5.09. The molecule has 0 fully saturated rings. The zero-order valence-electron chi connectivity index (χ0n) is 8.51. The predicted molar refractivity (Wildman–Crippen MR) is 75.9 cm³/mol. The minimum Gasteiger partial charge on any atom is -0.143 e. The quantitative estimate of drug-likeness (QED) is 0.608. The zero-order chi connectivity index (χ0) is 11.7. The van der Waals surface area contributed by atoms with Crippen LogP contribution >= 0.6 is 50.5 Å². The van der Waals surface area contributed by atoms with Gasteiger partial charge < -0.3 is 0 Å². The van der Waals surface area contributed by atoms with E-state index in [2.05, 4.69) is 28.9 Å². The second-order valence-corrected chi connectivity index (χ2v) is 6.49. The average Bonchev–Trinajstić information content (AvgIpc) is 2.58. The summed E-state index contributed by atoms with van der Waals surface area (Å²) in [4.78, 5) is 2.37. The monoisotopic (exact) mass is 334 g/mol. The highest BCUT2D eigenvalue weighted by Crippen LogP contribution is 2.37. The van der Waals surface area contributed by atoms with Crippen molar-refractivity contribution in [3.05, 3.63) is 55.1 Å². The Morgan fingerprint density at radius 1 is 1.31 bits per heavy atom. The molecule has 0 N–H and O–H groups in total. The smallest absolute Gasteiger partial charge is 0.0928 e. The molecule has 0 spiro atoms. The SMILES string of the molecule is Cc1sc(C(Cl)c2cccc(Cl)c2)cc1Br. The summed E-state index contributed by atoms with van der Waals surface area (Å²) in [6, 6.07) is 9.74. The number of thiophene rings is 1. The summed E-state index contributed by atoms with van der Waals surface area (Å²) in [5.41, 5.74) is 1.03. The highest BCUT2D eigenvalue weighted by atomic mass is 79.9. The fourth-order valence-corrected chi connectivity index (χ4v) is 3.53. The molecule has 0 nitrogen and oxygen atoms in total. The normalized spacial score (nSPS) is 12.8. The molecular formula is C12H9BrCl2S. The van der Waals surface area contributed by atoms with Crippen LogP contribution in [0.3, 0.4) is 0 Å². The molecule has 0 aliphatic rings. The van der Waals surface area contributed by atoms with E-state index in [0.717, 1.165) is 19.9 Å². The van der Waals surface area contributed by atoms with E-state index in [4.69, 9.17) is 23.2 Å². The molecule has 1 aromatic heterocycles. The molecule has 0 saturated heterocycles. The molecule has 0 radical (unpaired) electrons. The summed E-state index contributed by atoms with van der Waals surface area (Å²) in [6.45, 7) is 2.07. The number of hydrogen-bond acceptors (Lipinski definition) is 1. The lowest BCUT2D eigenvalue weighted by atomic mass is 10.1. The van der Waals surface area contributed by atoms with Crippen LogP contribution in [0.1, 0.15) is 20.7 Å². The maximum Gasteiger partial charge on any atom is 0.0928 e. The summed E-state index contributed by atoms with van der Waals surface area (Å²) >= 11 is 17.6. The molecule has 2 aromatic rings. The molecule has 2 rings (SSSR count). The summed E-state index contributed by atoms with van der Waals surface area (Å²) in [7, 11) is 0. The van der Waals surface area contributed by atoms with E-state index in [-0.39, 0.29) is 5.38 Å². The lowest BCUT2D eigenvalue weighted by molar-refractivity contribution is 1.18. The van der Waals surface area contributed by atoms with Crippen LogP contribution in [-0.4, -0.2) is 0 Å². The molecule has 1 heterocycles. The van der Waals surface area contributed by atoms with Gasteiger partial charge in [-0.05, 0) is 46.6 Å². The number of rotatable bonds is 2. The summed E-state index contributed by atoms with van der Waals surface area (Å²) in [5, 5.41) is 0.587. The predicted octanol–water partition coefficient (Wildman–Crippen LogP) is 5.80. The van der Waals surface area contributed by atoms with Crippen LogP contribution in [0.5, 0.6) is 0 Å². The Morgan fingerprint density at radius 2 is 2.06 bits per heavy atom. The fraction of sp³-hybridized carbons (Fsp3) is 0.167. The number of halogens is 3. The molecule has 1 unspecified atom stereocenters.